The summed E-state index contributed by atoms with van der Waals surface area (Å²) in [7, 11) is 0. The zero-order valence-electron chi connectivity index (χ0n) is 12.8. The lowest BCUT2D eigenvalue weighted by atomic mass is 10.0. The van der Waals surface area contributed by atoms with Crippen molar-refractivity contribution in [2.45, 2.75) is 39.2 Å². The molecule has 0 spiro atoms. The molecule has 1 saturated carbocycles. The highest BCUT2D eigenvalue weighted by atomic mass is 16.4. The van der Waals surface area contributed by atoms with Crippen LogP contribution < -0.4 is 5.56 Å². The van der Waals surface area contributed by atoms with Crippen molar-refractivity contribution in [3.8, 4) is 11.3 Å². The molecule has 0 amide bonds. The molecule has 0 saturated heterocycles. The maximum Gasteiger partial charge on any atom is 0.308 e. The number of carboxylic acids is 1. The van der Waals surface area contributed by atoms with E-state index in [1.54, 1.807) is 10.6 Å². The molecule has 1 N–H and O–H groups in total. The lowest BCUT2D eigenvalue weighted by molar-refractivity contribution is -0.136. The molecule has 22 heavy (non-hydrogen) atoms. The van der Waals surface area contributed by atoms with Crippen LogP contribution in [0.1, 0.15) is 35.6 Å². The quantitative estimate of drug-likeness (QED) is 0.943. The summed E-state index contributed by atoms with van der Waals surface area (Å²) < 4.78 is 1.79. The molecule has 1 aromatic heterocycles. The Bertz CT molecular complexity index is 800. The van der Waals surface area contributed by atoms with Gasteiger partial charge in [0.05, 0.1) is 12.1 Å². The van der Waals surface area contributed by atoms with Crippen LogP contribution in [0.5, 0.6) is 0 Å². The predicted molar refractivity (Wildman–Crippen MR) is 85.2 cm³/mol. The molecule has 4 heteroatoms. The monoisotopic (exact) mass is 297 g/mol. The van der Waals surface area contributed by atoms with Crippen molar-refractivity contribution in [1.82, 2.24) is 4.57 Å². The van der Waals surface area contributed by atoms with E-state index in [0.717, 1.165) is 29.7 Å². The highest BCUT2D eigenvalue weighted by Gasteiger charge is 2.28. The first kappa shape index (κ1) is 14.6. The molecule has 1 heterocycles. The summed E-state index contributed by atoms with van der Waals surface area (Å²) in [5.41, 5.74) is 4.43. The fourth-order valence-electron chi connectivity index (χ4n) is 2.91. The second-order valence-electron chi connectivity index (χ2n) is 6.04. The molecular formula is C18H19NO3. The van der Waals surface area contributed by atoms with E-state index >= 15 is 0 Å². The van der Waals surface area contributed by atoms with Crippen molar-refractivity contribution in [3.05, 3.63) is 57.4 Å². The average molecular weight is 297 g/mol. The highest BCUT2D eigenvalue weighted by molar-refractivity contribution is 5.71. The van der Waals surface area contributed by atoms with Crippen LogP contribution in [0, 0.1) is 13.8 Å². The largest absolute Gasteiger partial charge is 0.481 e. The first-order chi connectivity index (χ1) is 10.5. The van der Waals surface area contributed by atoms with Gasteiger partial charge in [0, 0.05) is 17.2 Å². The molecule has 1 aliphatic rings. The van der Waals surface area contributed by atoms with E-state index in [0.29, 0.717) is 5.56 Å². The summed E-state index contributed by atoms with van der Waals surface area (Å²) >= 11 is 0. The van der Waals surface area contributed by atoms with E-state index in [1.165, 1.54) is 5.56 Å². The lowest BCUT2D eigenvalue weighted by Crippen LogP contribution is -2.26. The molecule has 114 valence electrons. The normalized spacial score (nSPS) is 14.1. The van der Waals surface area contributed by atoms with Gasteiger partial charge in [0.25, 0.3) is 5.56 Å². The van der Waals surface area contributed by atoms with E-state index in [1.807, 2.05) is 32.0 Å². The maximum absolute atomic E-state index is 12.7. The van der Waals surface area contributed by atoms with Gasteiger partial charge in [-0.05, 0) is 38.3 Å². The number of pyridine rings is 1. The molecule has 0 unspecified atom stereocenters. The Morgan fingerprint density at radius 2 is 1.95 bits per heavy atom. The average Bonchev–Trinajstić information content (AvgIpc) is 3.25. The molecule has 3 rings (SSSR count). The number of aromatic nitrogens is 1. The lowest BCUT2D eigenvalue weighted by Gasteiger charge is -2.16. The van der Waals surface area contributed by atoms with Gasteiger partial charge in [0.2, 0.25) is 0 Å². The number of hydrogen-bond acceptors (Lipinski definition) is 2. The molecule has 0 atom stereocenters. The minimum absolute atomic E-state index is 0.164. The second kappa shape index (κ2) is 5.44. The topological polar surface area (TPSA) is 59.3 Å². The zero-order valence-corrected chi connectivity index (χ0v) is 12.8. The van der Waals surface area contributed by atoms with Gasteiger partial charge < -0.3 is 9.67 Å². The Kier molecular flexibility index (Phi) is 3.61. The number of aliphatic carboxylic acids is 1. The van der Waals surface area contributed by atoms with Gasteiger partial charge in [0.15, 0.2) is 0 Å². The number of nitrogens with zero attached hydrogens (tertiary/aromatic N) is 1. The molecule has 1 aromatic carbocycles. The Labute approximate surface area is 129 Å². The van der Waals surface area contributed by atoms with Crippen molar-refractivity contribution in [3.63, 3.8) is 0 Å². The Morgan fingerprint density at radius 1 is 1.23 bits per heavy atom. The number of carboxylic acid groups (broad SMARTS) is 1. The number of carbonyl (C=O) groups is 1. The third-order valence-corrected chi connectivity index (χ3v) is 4.11. The number of aryl methyl sites for hydroxylation is 2. The van der Waals surface area contributed by atoms with Crippen molar-refractivity contribution in [2.24, 2.45) is 0 Å². The fourth-order valence-corrected chi connectivity index (χ4v) is 2.91. The molecule has 0 bridgehead atoms. The molecule has 0 aliphatic heterocycles. The van der Waals surface area contributed by atoms with E-state index in [2.05, 4.69) is 6.07 Å². The van der Waals surface area contributed by atoms with Crippen LogP contribution in [0.4, 0.5) is 0 Å². The van der Waals surface area contributed by atoms with Crippen LogP contribution in [0.3, 0.4) is 0 Å². The van der Waals surface area contributed by atoms with Gasteiger partial charge in [-0.15, -0.1) is 0 Å². The Morgan fingerprint density at radius 3 is 2.55 bits per heavy atom. The van der Waals surface area contributed by atoms with E-state index in [9.17, 15) is 9.59 Å². The number of rotatable bonds is 4. The van der Waals surface area contributed by atoms with Crippen molar-refractivity contribution in [1.29, 1.82) is 0 Å². The molecule has 1 aliphatic carbocycles. The minimum atomic E-state index is -0.973. The van der Waals surface area contributed by atoms with Gasteiger partial charge in [-0.1, -0.05) is 29.8 Å². The van der Waals surface area contributed by atoms with Crippen LogP contribution in [-0.2, 0) is 11.2 Å². The minimum Gasteiger partial charge on any atom is -0.481 e. The highest BCUT2D eigenvalue weighted by Crippen LogP contribution is 2.37. The first-order valence-corrected chi connectivity index (χ1v) is 7.51. The summed E-state index contributed by atoms with van der Waals surface area (Å²) in [6.45, 7) is 4.08. The fraction of sp³-hybridized carbons (Fsp3) is 0.333. The standard InChI is InChI=1S/C18H19NO3/c1-11-3-7-15(12(2)9-11)16-8-4-13(10-17(20)21)18(22)19(16)14-5-6-14/h3-4,7-9,14H,5-6,10H2,1-2H3,(H,20,21). The molecule has 1 fully saturated rings. The van der Waals surface area contributed by atoms with E-state index in [-0.39, 0.29) is 18.0 Å². The summed E-state index contributed by atoms with van der Waals surface area (Å²) in [6, 6.07) is 9.92. The zero-order chi connectivity index (χ0) is 15.9. The number of benzene rings is 1. The molecule has 0 radical (unpaired) electrons. The van der Waals surface area contributed by atoms with Crippen LogP contribution >= 0.6 is 0 Å². The third kappa shape index (κ3) is 2.69. The van der Waals surface area contributed by atoms with Crippen molar-refractivity contribution < 1.29 is 9.90 Å². The smallest absolute Gasteiger partial charge is 0.308 e. The number of hydrogen-bond donors (Lipinski definition) is 1. The first-order valence-electron chi connectivity index (χ1n) is 7.51. The van der Waals surface area contributed by atoms with E-state index < -0.39 is 5.97 Å². The van der Waals surface area contributed by atoms with Gasteiger partial charge in [-0.25, -0.2) is 0 Å². The Balaban J connectivity index is 2.17. The molecule has 2 aromatic rings. The van der Waals surface area contributed by atoms with Gasteiger partial charge >= 0.3 is 5.97 Å². The molecule has 4 nitrogen and oxygen atoms in total. The summed E-state index contributed by atoms with van der Waals surface area (Å²) in [5, 5.41) is 8.95. The Hall–Kier alpha value is -2.36. The maximum atomic E-state index is 12.7. The second-order valence-corrected chi connectivity index (χ2v) is 6.04. The van der Waals surface area contributed by atoms with E-state index in [4.69, 9.17) is 5.11 Å². The van der Waals surface area contributed by atoms with Gasteiger partial charge in [0.1, 0.15) is 0 Å². The predicted octanol–water partition coefficient (Wildman–Crippen LogP) is 3.09. The van der Waals surface area contributed by atoms with Crippen LogP contribution in [-0.4, -0.2) is 15.6 Å². The van der Waals surface area contributed by atoms with Crippen molar-refractivity contribution >= 4 is 5.97 Å². The third-order valence-electron chi connectivity index (χ3n) is 4.11. The van der Waals surface area contributed by atoms with Gasteiger partial charge in [-0.3, -0.25) is 9.59 Å². The van der Waals surface area contributed by atoms with Gasteiger partial charge in [-0.2, -0.15) is 0 Å². The summed E-state index contributed by atoms with van der Waals surface area (Å²) in [5.74, 6) is -0.973. The SMILES string of the molecule is Cc1ccc(-c2ccc(CC(=O)O)c(=O)n2C2CC2)c(C)c1. The van der Waals surface area contributed by atoms with Crippen LogP contribution in [0.25, 0.3) is 11.3 Å². The molecular weight excluding hydrogens is 278 g/mol. The van der Waals surface area contributed by atoms with Crippen molar-refractivity contribution in [2.75, 3.05) is 0 Å². The summed E-state index contributed by atoms with van der Waals surface area (Å²) in [4.78, 5) is 23.6. The van der Waals surface area contributed by atoms with Crippen LogP contribution in [0.15, 0.2) is 35.1 Å². The van der Waals surface area contributed by atoms with Crippen LogP contribution in [0.2, 0.25) is 0 Å². The summed E-state index contributed by atoms with van der Waals surface area (Å²) in [6.07, 6.45) is 1.74.